The minimum Gasteiger partial charge on any atom is -0.489 e. The Kier molecular flexibility index (Phi) is 11.5. The smallest absolute Gasteiger partial charge is 0.326 e. The summed E-state index contributed by atoms with van der Waals surface area (Å²) >= 11 is 12.2. The largest absolute Gasteiger partial charge is 0.489 e. The number of hydrogen-bond donors (Lipinski definition) is 2. The molecule has 0 aliphatic carbocycles. The van der Waals surface area contributed by atoms with E-state index >= 15 is 0 Å². The molecule has 4 heterocycles. The fourth-order valence-electron chi connectivity index (χ4n) is 7.45. The maximum Gasteiger partial charge on any atom is 0.326 e. The number of aliphatic carboxylic acids is 1. The van der Waals surface area contributed by atoms with Gasteiger partial charge in [-0.2, -0.15) is 0 Å². The molecule has 0 bridgehead atoms. The monoisotopic (exact) mass is 846 g/mol. The molecule has 0 spiro atoms. The number of carbonyl (C=O) groups is 3. The van der Waals surface area contributed by atoms with E-state index in [-0.39, 0.29) is 31.8 Å². The third kappa shape index (κ3) is 8.52. The zero-order valence-corrected chi connectivity index (χ0v) is 34.4. The standard InChI is InChI=1S/C46H40Cl2N4O8/c1-25-26(2)49-15-14-35(25)30-7-4-28(5-8-30)17-38(46(55)56)51-44(53)39-18-32-19-40-41(20-33(32)21-52(39)45(54)43-27(3)50-24-59-43)60-42(23-58-40)31-9-11-34(12-10-31)57-22-29-6-13-36(47)37(48)16-29/h4-16,19-20,24,38-39,42H,17-18,21-23H2,1-3H3,(H,51,53)(H,55,56)/t38?,39-,42+/m0/s1. The van der Waals surface area contributed by atoms with Crippen molar-refractivity contribution < 1.29 is 38.1 Å². The number of pyridine rings is 1. The normalized spacial score (nSPS) is 16.1. The molecular weight excluding hydrogens is 807 g/mol. The van der Waals surface area contributed by atoms with Gasteiger partial charge in [0.2, 0.25) is 11.7 Å². The van der Waals surface area contributed by atoms with Crippen molar-refractivity contribution >= 4 is 41.0 Å². The predicted molar refractivity (Wildman–Crippen MR) is 224 cm³/mol. The quantitative estimate of drug-likeness (QED) is 0.130. The van der Waals surface area contributed by atoms with Crippen molar-refractivity contribution in [1.82, 2.24) is 20.2 Å². The highest BCUT2D eigenvalue weighted by molar-refractivity contribution is 6.42. The molecular formula is C46H40Cl2N4O8. The third-order valence-corrected chi connectivity index (χ3v) is 11.7. The summed E-state index contributed by atoms with van der Waals surface area (Å²) in [5.41, 5.74) is 8.35. The average Bonchev–Trinajstić information content (AvgIpc) is 3.69. The van der Waals surface area contributed by atoms with E-state index in [1.165, 1.54) is 11.3 Å². The molecule has 4 aromatic carbocycles. The Morgan fingerprint density at radius 3 is 2.35 bits per heavy atom. The topological polar surface area (TPSA) is 153 Å². The second kappa shape index (κ2) is 17.1. The van der Waals surface area contributed by atoms with E-state index in [9.17, 15) is 19.5 Å². The van der Waals surface area contributed by atoms with E-state index in [4.69, 9.17) is 41.8 Å². The molecule has 2 amide bonds. The van der Waals surface area contributed by atoms with E-state index in [1.807, 2.05) is 86.6 Å². The van der Waals surface area contributed by atoms with Gasteiger partial charge in [-0.1, -0.05) is 65.7 Å². The second-order valence-corrected chi connectivity index (χ2v) is 15.7. The molecule has 1 unspecified atom stereocenters. The number of carbonyl (C=O) groups excluding carboxylic acids is 2. The highest BCUT2D eigenvalue weighted by Gasteiger charge is 2.39. The first-order valence-corrected chi connectivity index (χ1v) is 20.0. The first kappa shape index (κ1) is 40.4. The molecule has 0 saturated carbocycles. The summed E-state index contributed by atoms with van der Waals surface area (Å²) in [6, 6.07) is 23.7. The minimum absolute atomic E-state index is 0.00671. The zero-order valence-electron chi connectivity index (χ0n) is 32.9. The fraction of sp³-hybridized carbons (Fsp3) is 0.239. The van der Waals surface area contributed by atoms with Gasteiger partial charge in [-0.3, -0.25) is 14.6 Å². The number of carboxylic acid groups (broad SMARTS) is 1. The van der Waals surface area contributed by atoms with E-state index in [0.717, 1.165) is 50.2 Å². The van der Waals surface area contributed by atoms with Crippen LogP contribution in [0.3, 0.4) is 0 Å². The Balaban J connectivity index is 0.982. The number of ether oxygens (including phenoxy) is 3. The molecule has 2 N–H and O–H groups in total. The summed E-state index contributed by atoms with van der Waals surface area (Å²) in [5.74, 6) is -0.716. The van der Waals surface area contributed by atoms with Gasteiger partial charge in [0.25, 0.3) is 5.91 Å². The molecule has 60 heavy (non-hydrogen) atoms. The van der Waals surface area contributed by atoms with Crippen molar-refractivity contribution in [3.63, 3.8) is 0 Å². The lowest BCUT2D eigenvalue weighted by molar-refractivity contribution is -0.142. The summed E-state index contributed by atoms with van der Waals surface area (Å²) in [6.07, 6.45) is 2.63. The summed E-state index contributed by atoms with van der Waals surface area (Å²) in [5, 5.41) is 13.9. The highest BCUT2D eigenvalue weighted by Crippen LogP contribution is 2.41. The Labute approximate surface area is 356 Å². The minimum atomic E-state index is -1.26. The van der Waals surface area contributed by atoms with Crippen LogP contribution in [0.4, 0.5) is 0 Å². The van der Waals surface area contributed by atoms with Crippen LogP contribution in [0.25, 0.3) is 11.1 Å². The molecule has 2 aromatic heterocycles. The molecule has 8 rings (SSSR count). The average molecular weight is 848 g/mol. The molecule has 306 valence electrons. The van der Waals surface area contributed by atoms with Gasteiger partial charge in [0, 0.05) is 31.3 Å². The molecule has 2 aliphatic heterocycles. The first-order valence-electron chi connectivity index (χ1n) is 19.3. The number of nitrogens with one attached hydrogen (secondary N) is 1. The fourth-order valence-corrected chi connectivity index (χ4v) is 7.77. The van der Waals surface area contributed by atoms with Crippen LogP contribution < -0.4 is 19.5 Å². The van der Waals surface area contributed by atoms with Crippen LogP contribution in [0, 0.1) is 20.8 Å². The van der Waals surface area contributed by atoms with Crippen LogP contribution in [0.2, 0.25) is 10.0 Å². The molecule has 0 fully saturated rings. The van der Waals surface area contributed by atoms with Crippen LogP contribution in [0.15, 0.2) is 102 Å². The number of rotatable bonds is 11. The Morgan fingerprint density at radius 1 is 0.883 bits per heavy atom. The summed E-state index contributed by atoms with van der Waals surface area (Å²) in [6.45, 7) is 6.17. The number of aryl methyl sites for hydroxylation is 2. The van der Waals surface area contributed by atoms with Crippen molar-refractivity contribution in [2.24, 2.45) is 0 Å². The lowest BCUT2D eigenvalue weighted by atomic mass is 9.91. The Morgan fingerprint density at radius 2 is 1.63 bits per heavy atom. The SMILES string of the molecule is Cc1ncoc1C(=O)N1Cc2cc3c(cc2C[C@H]1C(=O)NC(Cc1ccc(-c2ccnc(C)c2C)cc1)C(=O)O)OC[C@H](c1ccc(OCc2ccc(Cl)c(Cl)c2)cc1)O3. The number of amides is 2. The van der Waals surface area contributed by atoms with Crippen molar-refractivity contribution in [2.75, 3.05) is 6.61 Å². The van der Waals surface area contributed by atoms with Crippen LogP contribution in [-0.2, 0) is 35.6 Å². The molecule has 0 saturated heterocycles. The van der Waals surface area contributed by atoms with Gasteiger partial charge in [0.15, 0.2) is 24.0 Å². The lowest BCUT2D eigenvalue weighted by Crippen LogP contribution is -2.56. The number of carboxylic acids is 1. The first-order chi connectivity index (χ1) is 28.9. The van der Waals surface area contributed by atoms with Gasteiger partial charge in [0.1, 0.15) is 31.0 Å². The molecule has 6 aromatic rings. The van der Waals surface area contributed by atoms with E-state index in [1.54, 1.807) is 25.3 Å². The van der Waals surface area contributed by atoms with E-state index in [2.05, 4.69) is 15.3 Å². The molecule has 2 aliphatic rings. The second-order valence-electron chi connectivity index (χ2n) is 14.9. The summed E-state index contributed by atoms with van der Waals surface area (Å²) < 4.78 is 24.1. The lowest BCUT2D eigenvalue weighted by Gasteiger charge is -2.37. The third-order valence-electron chi connectivity index (χ3n) is 11.0. The van der Waals surface area contributed by atoms with Crippen LogP contribution in [-0.4, -0.2) is 56.4 Å². The maximum absolute atomic E-state index is 14.1. The zero-order chi connectivity index (χ0) is 42.1. The molecule has 14 heteroatoms. The number of oxazole rings is 1. The van der Waals surface area contributed by atoms with Crippen LogP contribution in [0.5, 0.6) is 17.2 Å². The summed E-state index contributed by atoms with van der Waals surface area (Å²) in [4.78, 5) is 50.6. The Hall–Kier alpha value is -6.37. The number of fused-ring (bicyclic) bond motifs is 2. The van der Waals surface area contributed by atoms with Gasteiger partial charge in [-0.15, -0.1) is 0 Å². The predicted octanol–water partition coefficient (Wildman–Crippen LogP) is 8.44. The van der Waals surface area contributed by atoms with Crippen molar-refractivity contribution in [1.29, 1.82) is 0 Å². The van der Waals surface area contributed by atoms with Gasteiger partial charge < -0.3 is 34.0 Å². The van der Waals surface area contributed by atoms with Crippen LogP contribution in [0.1, 0.15) is 61.4 Å². The van der Waals surface area contributed by atoms with Gasteiger partial charge >= 0.3 is 5.97 Å². The van der Waals surface area contributed by atoms with E-state index in [0.29, 0.717) is 39.6 Å². The Bertz CT molecular complexity index is 2600. The maximum atomic E-state index is 14.1. The number of benzene rings is 4. The van der Waals surface area contributed by atoms with Crippen LogP contribution >= 0.6 is 23.2 Å². The number of aromatic nitrogens is 2. The van der Waals surface area contributed by atoms with Gasteiger partial charge in [-0.25, -0.2) is 9.78 Å². The molecule has 12 nitrogen and oxygen atoms in total. The van der Waals surface area contributed by atoms with Gasteiger partial charge in [0.05, 0.1) is 15.7 Å². The van der Waals surface area contributed by atoms with Gasteiger partial charge in [-0.05, 0) is 108 Å². The van der Waals surface area contributed by atoms with Crippen molar-refractivity contribution in [3.05, 3.63) is 158 Å². The van der Waals surface area contributed by atoms with Crippen molar-refractivity contribution in [2.45, 2.75) is 65.0 Å². The summed E-state index contributed by atoms with van der Waals surface area (Å²) in [7, 11) is 0. The van der Waals surface area contributed by atoms with Crippen molar-refractivity contribution in [3.8, 4) is 28.4 Å². The number of hydrogen-bond acceptors (Lipinski definition) is 9. The molecule has 0 radical (unpaired) electrons. The number of nitrogens with zero attached hydrogens (tertiary/aromatic N) is 3. The van der Waals surface area contributed by atoms with E-state index < -0.39 is 36.0 Å². The highest BCUT2D eigenvalue weighted by atomic mass is 35.5. The molecule has 3 atom stereocenters. The number of halogens is 2.